The van der Waals surface area contributed by atoms with Gasteiger partial charge in [0.15, 0.2) is 11.6 Å². The minimum atomic E-state index is -0.428. The number of methoxy groups -OCH3 is 1. The molecule has 0 bridgehead atoms. The van der Waals surface area contributed by atoms with Gasteiger partial charge in [-0.05, 0) is 12.1 Å². The zero-order valence-electron chi connectivity index (χ0n) is 6.50. The Morgan fingerprint density at radius 2 is 2.17 bits per heavy atom. The first kappa shape index (κ1) is 11.0. The number of anilines is 1. The van der Waals surface area contributed by atoms with Crippen molar-refractivity contribution in [2.24, 2.45) is 5.84 Å². The summed E-state index contributed by atoms with van der Waals surface area (Å²) in [5, 5.41) is 0. The quantitative estimate of drug-likeness (QED) is 0.552. The normalized spacial score (nSPS) is 8.58. The average molecular weight is 193 g/mol. The van der Waals surface area contributed by atoms with Crippen molar-refractivity contribution in [2.45, 2.75) is 0 Å². The molecule has 0 fully saturated rings. The maximum absolute atomic E-state index is 12.8. The van der Waals surface area contributed by atoms with Crippen molar-refractivity contribution in [3.8, 4) is 5.75 Å². The van der Waals surface area contributed by atoms with Crippen molar-refractivity contribution in [3.63, 3.8) is 0 Å². The highest BCUT2D eigenvalue weighted by Crippen LogP contribution is 2.25. The van der Waals surface area contributed by atoms with Gasteiger partial charge in [-0.15, -0.1) is 12.4 Å². The van der Waals surface area contributed by atoms with Crippen LogP contribution in [0, 0.1) is 5.82 Å². The summed E-state index contributed by atoms with van der Waals surface area (Å²) in [6.07, 6.45) is 0. The molecule has 0 heterocycles. The summed E-state index contributed by atoms with van der Waals surface area (Å²) in [6, 6.07) is 4.48. The Morgan fingerprint density at radius 1 is 1.50 bits per heavy atom. The number of rotatable bonds is 2. The SMILES string of the molecule is COc1c(F)cccc1NN.Cl. The fourth-order valence-corrected chi connectivity index (χ4v) is 0.830. The monoisotopic (exact) mass is 192 g/mol. The van der Waals surface area contributed by atoms with E-state index in [4.69, 9.17) is 10.6 Å². The number of nitrogens with two attached hydrogens (primary N) is 1. The highest BCUT2D eigenvalue weighted by atomic mass is 35.5. The molecule has 1 aromatic carbocycles. The van der Waals surface area contributed by atoms with E-state index in [1.54, 1.807) is 12.1 Å². The van der Waals surface area contributed by atoms with E-state index in [2.05, 4.69) is 5.43 Å². The second-order valence-electron chi connectivity index (χ2n) is 1.96. The number of halogens is 2. The molecule has 0 amide bonds. The van der Waals surface area contributed by atoms with Gasteiger partial charge in [0.1, 0.15) is 0 Å². The molecule has 0 aliphatic rings. The van der Waals surface area contributed by atoms with E-state index in [0.717, 1.165) is 0 Å². The third kappa shape index (κ3) is 1.99. The lowest BCUT2D eigenvalue weighted by atomic mass is 10.3. The van der Waals surface area contributed by atoms with Crippen molar-refractivity contribution < 1.29 is 9.13 Å². The number of nitrogens with one attached hydrogen (secondary N) is 1. The van der Waals surface area contributed by atoms with Gasteiger partial charge in [0, 0.05) is 0 Å². The van der Waals surface area contributed by atoms with E-state index in [9.17, 15) is 4.39 Å². The van der Waals surface area contributed by atoms with Crippen LogP contribution in [0.2, 0.25) is 0 Å². The van der Waals surface area contributed by atoms with Crippen molar-refractivity contribution in [1.29, 1.82) is 0 Å². The molecule has 0 saturated heterocycles. The lowest BCUT2D eigenvalue weighted by molar-refractivity contribution is 0.388. The van der Waals surface area contributed by atoms with Crippen LogP contribution in [-0.4, -0.2) is 7.11 Å². The highest BCUT2D eigenvalue weighted by molar-refractivity contribution is 5.85. The Labute approximate surface area is 76.1 Å². The molecule has 3 nitrogen and oxygen atoms in total. The van der Waals surface area contributed by atoms with Crippen LogP contribution in [0.25, 0.3) is 0 Å². The first-order chi connectivity index (χ1) is 5.29. The number of hydrogen-bond acceptors (Lipinski definition) is 3. The predicted molar refractivity (Wildman–Crippen MR) is 48.0 cm³/mol. The summed E-state index contributed by atoms with van der Waals surface area (Å²) >= 11 is 0. The lowest BCUT2D eigenvalue weighted by Crippen LogP contribution is -2.08. The third-order valence-electron chi connectivity index (χ3n) is 1.33. The number of para-hydroxylation sites is 1. The predicted octanol–water partition coefficient (Wildman–Crippen LogP) is 1.54. The van der Waals surface area contributed by atoms with Gasteiger partial charge in [-0.2, -0.15) is 0 Å². The van der Waals surface area contributed by atoms with Gasteiger partial charge < -0.3 is 10.2 Å². The topological polar surface area (TPSA) is 47.3 Å². The van der Waals surface area contributed by atoms with Crippen molar-refractivity contribution in [2.75, 3.05) is 12.5 Å². The zero-order valence-corrected chi connectivity index (χ0v) is 7.32. The van der Waals surface area contributed by atoms with Crippen LogP contribution < -0.4 is 16.0 Å². The van der Waals surface area contributed by atoms with Crippen LogP contribution in [-0.2, 0) is 0 Å². The molecule has 0 aliphatic carbocycles. The summed E-state index contributed by atoms with van der Waals surface area (Å²) in [5.41, 5.74) is 2.76. The Morgan fingerprint density at radius 3 is 2.58 bits per heavy atom. The summed E-state index contributed by atoms with van der Waals surface area (Å²) in [6.45, 7) is 0. The van der Waals surface area contributed by atoms with Gasteiger partial charge in [-0.25, -0.2) is 4.39 Å². The Hall–Kier alpha value is -1.00. The maximum atomic E-state index is 12.8. The number of hydrogen-bond donors (Lipinski definition) is 2. The number of hydrazine groups is 1. The van der Waals surface area contributed by atoms with Crippen LogP contribution in [0.5, 0.6) is 5.75 Å². The van der Waals surface area contributed by atoms with Crippen molar-refractivity contribution in [1.82, 2.24) is 0 Å². The maximum Gasteiger partial charge on any atom is 0.178 e. The van der Waals surface area contributed by atoms with E-state index in [1.165, 1.54) is 13.2 Å². The van der Waals surface area contributed by atoms with Crippen LogP contribution in [0.4, 0.5) is 10.1 Å². The molecule has 1 aromatic rings. The minimum absolute atomic E-state index is 0. The number of benzene rings is 1. The Balaban J connectivity index is 0.00000121. The lowest BCUT2D eigenvalue weighted by Gasteiger charge is -2.06. The second kappa shape index (κ2) is 4.79. The molecule has 0 aromatic heterocycles. The highest BCUT2D eigenvalue weighted by Gasteiger charge is 2.05. The fourth-order valence-electron chi connectivity index (χ4n) is 0.830. The van der Waals surface area contributed by atoms with E-state index < -0.39 is 5.82 Å². The molecule has 0 aliphatic heterocycles. The largest absolute Gasteiger partial charge is 0.492 e. The Bertz CT molecular complexity index is 257. The first-order valence-electron chi connectivity index (χ1n) is 3.08. The summed E-state index contributed by atoms with van der Waals surface area (Å²) in [4.78, 5) is 0. The van der Waals surface area contributed by atoms with Crippen molar-refractivity contribution >= 4 is 18.1 Å². The van der Waals surface area contributed by atoms with Gasteiger partial charge in [0.2, 0.25) is 0 Å². The molecular formula is C7H10ClFN2O. The molecule has 68 valence electrons. The molecule has 0 atom stereocenters. The van der Waals surface area contributed by atoms with E-state index in [0.29, 0.717) is 5.69 Å². The average Bonchev–Trinajstić information content (AvgIpc) is 2.04. The second-order valence-corrected chi connectivity index (χ2v) is 1.96. The van der Waals surface area contributed by atoms with Gasteiger partial charge in [0.25, 0.3) is 0 Å². The van der Waals surface area contributed by atoms with Crippen molar-refractivity contribution in [3.05, 3.63) is 24.0 Å². The van der Waals surface area contributed by atoms with Crippen LogP contribution in [0.3, 0.4) is 0 Å². The van der Waals surface area contributed by atoms with E-state index in [-0.39, 0.29) is 18.2 Å². The molecule has 12 heavy (non-hydrogen) atoms. The Kier molecular flexibility index (Phi) is 4.39. The molecule has 0 unspecified atom stereocenters. The third-order valence-corrected chi connectivity index (χ3v) is 1.33. The smallest absolute Gasteiger partial charge is 0.178 e. The summed E-state index contributed by atoms with van der Waals surface area (Å²) in [5.74, 6) is 4.80. The van der Waals surface area contributed by atoms with Gasteiger partial charge in [0.05, 0.1) is 12.8 Å². The van der Waals surface area contributed by atoms with E-state index >= 15 is 0 Å². The van der Waals surface area contributed by atoms with Crippen LogP contribution in [0.1, 0.15) is 0 Å². The number of nitrogen functional groups attached to an aromatic ring is 1. The molecule has 5 heteroatoms. The molecular weight excluding hydrogens is 183 g/mol. The minimum Gasteiger partial charge on any atom is -0.492 e. The first-order valence-corrected chi connectivity index (χ1v) is 3.08. The van der Waals surface area contributed by atoms with Gasteiger partial charge >= 0.3 is 0 Å². The van der Waals surface area contributed by atoms with Crippen LogP contribution >= 0.6 is 12.4 Å². The molecule has 0 radical (unpaired) electrons. The van der Waals surface area contributed by atoms with Gasteiger partial charge in [-0.3, -0.25) is 5.84 Å². The molecule has 0 saturated carbocycles. The zero-order chi connectivity index (χ0) is 8.27. The summed E-state index contributed by atoms with van der Waals surface area (Å²) < 4.78 is 17.6. The number of ether oxygens (including phenoxy) is 1. The molecule has 1 rings (SSSR count). The molecule has 3 N–H and O–H groups in total. The van der Waals surface area contributed by atoms with E-state index in [1.807, 2.05) is 0 Å². The molecule has 0 spiro atoms. The standard InChI is InChI=1S/C7H9FN2O.ClH/c1-11-7-5(8)3-2-4-6(7)10-9;/h2-4,10H,9H2,1H3;1H. The van der Waals surface area contributed by atoms with Crippen LogP contribution in [0.15, 0.2) is 18.2 Å². The van der Waals surface area contributed by atoms with Gasteiger partial charge in [-0.1, -0.05) is 6.07 Å². The summed E-state index contributed by atoms with van der Waals surface area (Å²) in [7, 11) is 1.39. The fraction of sp³-hybridized carbons (Fsp3) is 0.143.